The summed E-state index contributed by atoms with van der Waals surface area (Å²) in [7, 11) is 0. The van der Waals surface area contributed by atoms with E-state index >= 15 is 0 Å². The lowest BCUT2D eigenvalue weighted by molar-refractivity contribution is -0.174. The first-order chi connectivity index (χ1) is 29.7. The van der Waals surface area contributed by atoms with Gasteiger partial charge in [-0.1, -0.05) is 27.7 Å². The number of hydrogen-bond donors (Lipinski definition) is 5. The quantitative estimate of drug-likeness (QED) is 0.0958. The smallest absolute Gasteiger partial charge is 0.407 e. The Morgan fingerprint density at radius 1 is 0.952 bits per heavy atom. The van der Waals surface area contributed by atoms with Crippen molar-refractivity contribution >= 4 is 23.0 Å². The number of carboxylic acid groups (broad SMARTS) is 1. The summed E-state index contributed by atoms with van der Waals surface area (Å²) in [5.74, 6) is -1.30. The number of aromatic nitrogens is 5. The summed E-state index contributed by atoms with van der Waals surface area (Å²) in [5, 5.41) is 48.7. The number of benzene rings is 3. The van der Waals surface area contributed by atoms with Gasteiger partial charge in [-0.3, -0.25) is 9.59 Å². The Morgan fingerprint density at radius 2 is 1.68 bits per heavy atom. The molecule has 5 N–H and O–H groups in total. The summed E-state index contributed by atoms with van der Waals surface area (Å²) in [4.78, 5) is 61.1. The van der Waals surface area contributed by atoms with Crippen LogP contribution in [0.25, 0.3) is 39.4 Å². The van der Waals surface area contributed by atoms with Crippen molar-refractivity contribution in [1.82, 2.24) is 29.2 Å². The maximum atomic E-state index is 14.9. The largest absolute Gasteiger partial charge is 0.508 e. The molecule has 1 atom stereocenters. The Hall–Kier alpha value is -7.10. The van der Waals surface area contributed by atoms with E-state index in [0.717, 1.165) is 10.9 Å². The SMILES string of the molecule is CCC1(CC)OC(=O)[C@H](C2(COc3ccc(-n4c(-c5cc(C(C)C)c(O)cc5O)n[nH]c4=O)cc3)CCN(C(=O)O)CC2)c2cc3n(c(=O)c21)Cc1cc2cc(O)ccc2nc1-3. The van der Waals surface area contributed by atoms with E-state index in [1.165, 1.54) is 15.5 Å². The van der Waals surface area contributed by atoms with Gasteiger partial charge in [0.1, 0.15) is 28.6 Å². The van der Waals surface area contributed by atoms with Gasteiger partial charge < -0.3 is 39.4 Å². The predicted molar refractivity (Wildman–Crippen MR) is 227 cm³/mol. The van der Waals surface area contributed by atoms with Gasteiger partial charge in [-0.25, -0.2) is 24.2 Å². The summed E-state index contributed by atoms with van der Waals surface area (Å²) < 4.78 is 15.9. The minimum Gasteiger partial charge on any atom is -0.508 e. The molecule has 62 heavy (non-hydrogen) atoms. The Kier molecular flexibility index (Phi) is 9.63. The fourth-order valence-corrected chi connectivity index (χ4v) is 9.71. The molecule has 3 aliphatic heterocycles. The van der Waals surface area contributed by atoms with Crippen molar-refractivity contribution in [2.45, 2.75) is 77.4 Å². The van der Waals surface area contributed by atoms with E-state index < -0.39 is 34.7 Å². The number of piperidine rings is 1. The van der Waals surface area contributed by atoms with E-state index in [4.69, 9.17) is 14.5 Å². The summed E-state index contributed by atoms with van der Waals surface area (Å²) >= 11 is 0. The van der Waals surface area contributed by atoms with Gasteiger partial charge in [0.05, 0.1) is 52.8 Å². The van der Waals surface area contributed by atoms with Gasteiger partial charge in [-0.15, -0.1) is 0 Å². The zero-order chi connectivity index (χ0) is 43.8. The average molecular weight is 843 g/mol. The van der Waals surface area contributed by atoms with E-state index in [-0.39, 0.29) is 79.2 Å². The van der Waals surface area contributed by atoms with E-state index in [2.05, 4.69) is 10.2 Å². The van der Waals surface area contributed by atoms with Crippen LogP contribution in [-0.2, 0) is 21.7 Å². The van der Waals surface area contributed by atoms with Gasteiger partial charge in [-0.2, -0.15) is 5.10 Å². The number of rotatable bonds is 9. The lowest BCUT2D eigenvalue weighted by atomic mass is 9.63. The second-order valence-electron chi connectivity index (χ2n) is 16.9. The number of carbonyl (C=O) groups excluding carboxylic acids is 1. The summed E-state index contributed by atoms with van der Waals surface area (Å²) in [5.41, 5.74) is 1.67. The predicted octanol–water partition coefficient (Wildman–Crippen LogP) is 6.70. The van der Waals surface area contributed by atoms with Gasteiger partial charge in [-0.05, 0) is 103 Å². The number of ether oxygens (including phenoxy) is 2. The first kappa shape index (κ1) is 40.3. The highest BCUT2D eigenvalue weighted by atomic mass is 16.6. The van der Waals surface area contributed by atoms with E-state index in [1.54, 1.807) is 53.1 Å². The number of nitrogens with one attached hydrogen (secondary N) is 1. The van der Waals surface area contributed by atoms with E-state index in [9.17, 15) is 39.6 Å². The zero-order valence-corrected chi connectivity index (χ0v) is 34.6. The number of hydrogen-bond acceptors (Lipinski definition) is 11. The number of phenolic OH excluding ortho intramolecular Hbond substituents is 3. The maximum absolute atomic E-state index is 14.9. The molecule has 16 heteroatoms. The lowest BCUT2D eigenvalue weighted by Crippen LogP contribution is -2.54. The number of nitrogens with zero attached hydrogens (tertiary/aromatic N) is 5. The van der Waals surface area contributed by atoms with Crippen LogP contribution in [0.2, 0.25) is 0 Å². The van der Waals surface area contributed by atoms with Crippen LogP contribution in [-0.4, -0.2) is 81.4 Å². The van der Waals surface area contributed by atoms with Crippen LogP contribution in [0.4, 0.5) is 4.79 Å². The molecule has 6 heterocycles. The highest BCUT2D eigenvalue weighted by molar-refractivity contribution is 5.87. The number of fused-ring (bicyclic) bond motifs is 5. The average Bonchev–Trinajstić information content (AvgIpc) is 3.81. The summed E-state index contributed by atoms with van der Waals surface area (Å²) in [6, 6.07) is 18.1. The number of esters is 1. The first-order valence-corrected chi connectivity index (χ1v) is 20.8. The normalized spacial score (nSPS) is 17.4. The summed E-state index contributed by atoms with van der Waals surface area (Å²) in [6.07, 6.45) is 0.0873. The number of aromatic amines is 1. The van der Waals surface area contributed by atoms with Crippen molar-refractivity contribution in [3.8, 4) is 51.5 Å². The van der Waals surface area contributed by atoms with Crippen LogP contribution in [0.3, 0.4) is 0 Å². The van der Waals surface area contributed by atoms with Crippen LogP contribution in [0.1, 0.15) is 87.5 Å². The van der Waals surface area contributed by atoms with Crippen molar-refractivity contribution in [3.63, 3.8) is 0 Å². The molecule has 0 aliphatic carbocycles. The number of carbonyl (C=O) groups is 2. The number of pyridine rings is 2. The molecular weight excluding hydrogens is 797 g/mol. The van der Waals surface area contributed by atoms with Crippen molar-refractivity contribution in [2.24, 2.45) is 5.41 Å². The molecule has 0 bridgehead atoms. The minimum atomic E-state index is -1.20. The number of likely N-dealkylation sites (tertiary alicyclic amines) is 1. The fraction of sp³-hybridized carbons (Fsp3) is 0.348. The van der Waals surface area contributed by atoms with Crippen LogP contribution in [0.5, 0.6) is 23.0 Å². The Bertz CT molecular complexity index is 2920. The second kappa shape index (κ2) is 14.8. The molecule has 320 valence electrons. The molecule has 0 saturated carbocycles. The number of phenols is 3. The minimum absolute atomic E-state index is 0.0398. The third kappa shape index (κ3) is 6.34. The van der Waals surface area contributed by atoms with Crippen LogP contribution in [0, 0.1) is 5.41 Å². The maximum Gasteiger partial charge on any atom is 0.407 e. The molecule has 9 rings (SSSR count). The highest BCUT2D eigenvalue weighted by Gasteiger charge is 2.56. The molecule has 6 aromatic rings. The topological polar surface area (TPSA) is 222 Å². The van der Waals surface area contributed by atoms with E-state index in [1.807, 2.05) is 39.8 Å². The van der Waals surface area contributed by atoms with Crippen LogP contribution < -0.4 is 16.0 Å². The van der Waals surface area contributed by atoms with Gasteiger partial charge in [0.15, 0.2) is 5.82 Å². The molecule has 1 amide bonds. The standard InChI is InChI=1S/C46H46N6O10/c1-5-46(6-2)37-32(20-34-39-26(22-51(34)41(37)56)17-25-18-28(53)9-12-33(25)47-39)38(42(57)62-46)45(13-15-50(16-14-45)44(59)60)23-61-29-10-7-27(8-11-29)52-40(48-49-43(52)58)31-19-30(24(3)4)35(54)21-36(31)55/h7-12,17-21,24,38,53-55H,5-6,13-16,22-23H2,1-4H3,(H,49,58)(H,59,60)/t38-/m1/s1. The number of amides is 1. The van der Waals surface area contributed by atoms with Crippen molar-refractivity contribution in [3.05, 3.63) is 110 Å². The number of cyclic esters (lactones) is 1. The molecule has 3 aliphatic rings. The molecule has 3 aromatic carbocycles. The monoisotopic (exact) mass is 842 g/mol. The molecule has 0 unspecified atom stereocenters. The van der Waals surface area contributed by atoms with Crippen molar-refractivity contribution in [1.29, 1.82) is 0 Å². The molecule has 0 radical (unpaired) electrons. The lowest BCUT2D eigenvalue weighted by Gasteiger charge is -2.49. The molecule has 1 saturated heterocycles. The summed E-state index contributed by atoms with van der Waals surface area (Å²) in [6.45, 7) is 8.00. The Balaban J connectivity index is 1.11. The molecule has 0 spiro atoms. The Morgan fingerprint density at radius 3 is 2.35 bits per heavy atom. The van der Waals surface area contributed by atoms with E-state index in [0.29, 0.717) is 57.9 Å². The molecule has 1 fully saturated rings. The third-order valence-electron chi connectivity index (χ3n) is 13.2. The number of aromatic hydroxyl groups is 3. The Labute approximate surface area is 354 Å². The van der Waals surface area contributed by atoms with Crippen molar-refractivity contribution < 1.29 is 39.5 Å². The second-order valence-corrected chi connectivity index (χ2v) is 16.9. The zero-order valence-electron chi connectivity index (χ0n) is 34.6. The third-order valence-corrected chi connectivity index (χ3v) is 13.2. The fourth-order valence-electron chi connectivity index (χ4n) is 9.71. The van der Waals surface area contributed by atoms with Crippen LogP contribution in [0.15, 0.2) is 76.3 Å². The molecular formula is C46H46N6O10. The van der Waals surface area contributed by atoms with Gasteiger partial charge >= 0.3 is 17.8 Å². The van der Waals surface area contributed by atoms with Crippen LogP contribution >= 0.6 is 0 Å². The van der Waals surface area contributed by atoms with Gasteiger partial charge in [0, 0.05) is 35.5 Å². The van der Waals surface area contributed by atoms with Crippen molar-refractivity contribution in [2.75, 3.05) is 19.7 Å². The van der Waals surface area contributed by atoms with Gasteiger partial charge in [0.25, 0.3) is 5.56 Å². The van der Waals surface area contributed by atoms with Gasteiger partial charge in [0.2, 0.25) is 0 Å². The highest BCUT2D eigenvalue weighted by Crippen LogP contribution is 2.53. The molecule has 3 aromatic heterocycles. The first-order valence-electron chi connectivity index (χ1n) is 20.8. The number of H-pyrrole nitrogens is 1. The molecule has 16 nitrogen and oxygen atoms in total.